The predicted molar refractivity (Wildman–Crippen MR) is 88.6 cm³/mol. The summed E-state index contributed by atoms with van der Waals surface area (Å²) in [6, 6.07) is 5.99. The van der Waals surface area contributed by atoms with Gasteiger partial charge in [-0.05, 0) is 36.5 Å². The predicted octanol–water partition coefficient (Wildman–Crippen LogP) is 5.14. The van der Waals surface area contributed by atoms with E-state index < -0.39 is 40.9 Å². The van der Waals surface area contributed by atoms with E-state index in [4.69, 9.17) is 0 Å². The molecule has 1 aromatic carbocycles. The van der Waals surface area contributed by atoms with E-state index in [1.54, 1.807) is 0 Å². The van der Waals surface area contributed by atoms with Gasteiger partial charge in [0.25, 0.3) is 5.91 Å². The van der Waals surface area contributed by atoms with Crippen molar-refractivity contribution in [2.24, 2.45) is 0 Å². The molecule has 0 saturated carbocycles. The molecule has 1 aromatic heterocycles. The minimum atomic E-state index is -4.70. The first-order valence-electron chi connectivity index (χ1n) is 8.55. The Hall–Kier alpha value is -2.58. The maximum atomic E-state index is 13.2. The molecule has 0 aliphatic carbocycles. The molecule has 3 rings (SSSR count). The number of carbonyl (C=O) groups excluding carboxylic acids is 1. The van der Waals surface area contributed by atoms with E-state index in [1.807, 2.05) is 0 Å². The van der Waals surface area contributed by atoms with Gasteiger partial charge in [0.2, 0.25) is 0 Å². The lowest BCUT2D eigenvalue weighted by Gasteiger charge is -2.33. The van der Waals surface area contributed by atoms with Gasteiger partial charge in [-0.25, -0.2) is 0 Å². The Labute approximate surface area is 157 Å². The van der Waals surface area contributed by atoms with Crippen molar-refractivity contribution in [3.8, 4) is 0 Å². The number of carbonyl (C=O) groups is 1. The first-order chi connectivity index (χ1) is 13.1. The van der Waals surface area contributed by atoms with E-state index in [-0.39, 0.29) is 31.5 Å². The first-order valence-corrected chi connectivity index (χ1v) is 8.55. The maximum Gasteiger partial charge on any atom is 0.417 e. The smallest absolute Gasteiger partial charge is 0.339 e. The monoisotopic (exact) mass is 402 g/mol. The largest absolute Gasteiger partial charge is 0.417 e. The molecule has 1 aliphatic heterocycles. The van der Waals surface area contributed by atoms with Crippen LogP contribution in [-0.4, -0.2) is 28.9 Å². The van der Waals surface area contributed by atoms with Crippen LogP contribution in [0.4, 0.5) is 26.3 Å². The molecule has 1 saturated heterocycles. The van der Waals surface area contributed by atoms with Crippen LogP contribution in [0.15, 0.2) is 42.7 Å². The van der Waals surface area contributed by atoms with Crippen LogP contribution in [0, 0.1) is 0 Å². The van der Waals surface area contributed by atoms with Gasteiger partial charge in [0, 0.05) is 25.5 Å². The van der Waals surface area contributed by atoms with Crippen LogP contribution in [0.1, 0.15) is 45.8 Å². The zero-order chi connectivity index (χ0) is 20.5. The normalized spacial score (nSPS) is 16.3. The van der Waals surface area contributed by atoms with Crippen molar-refractivity contribution >= 4 is 5.91 Å². The van der Waals surface area contributed by atoms with Crippen LogP contribution in [0.3, 0.4) is 0 Å². The lowest BCUT2D eigenvalue weighted by atomic mass is 9.86. The van der Waals surface area contributed by atoms with Crippen LogP contribution >= 0.6 is 0 Å². The maximum absolute atomic E-state index is 13.2. The zero-order valence-electron chi connectivity index (χ0n) is 14.5. The Morgan fingerprint density at radius 1 is 0.929 bits per heavy atom. The van der Waals surface area contributed by atoms with Gasteiger partial charge in [0.15, 0.2) is 0 Å². The molecule has 2 aromatic rings. The summed E-state index contributed by atoms with van der Waals surface area (Å²) in [5.41, 5.74) is -2.19. The molecule has 0 atom stereocenters. The molecule has 1 amide bonds. The SMILES string of the molecule is O=C(c1cnccc1C(F)(F)F)N1CCC(c2ccccc2C(F)(F)F)CC1. The van der Waals surface area contributed by atoms with Crippen LogP contribution in [0.5, 0.6) is 0 Å². The lowest BCUT2D eigenvalue weighted by molar-refractivity contribution is -0.139. The minimum Gasteiger partial charge on any atom is -0.339 e. The molecule has 0 N–H and O–H groups in total. The van der Waals surface area contributed by atoms with Gasteiger partial charge in [0.1, 0.15) is 0 Å². The van der Waals surface area contributed by atoms with Gasteiger partial charge in [-0.15, -0.1) is 0 Å². The second kappa shape index (κ2) is 7.44. The van der Waals surface area contributed by atoms with Crippen molar-refractivity contribution < 1.29 is 31.1 Å². The van der Waals surface area contributed by atoms with E-state index in [2.05, 4.69) is 4.98 Å². The van der Waals surface area contributed by atoms with E-state index in [0.29, 0.717) is 0 Å². The molecule has 0 bridgehead atoms. The van der Waals surface area contributed by atoms with Crippen molar-refractivity contribution in [2.75, 3.05) is 13.1 Å². The molecule has 0 spiro atoms. The number of amides is 1. The van der Waals surface area contributed by atoms with Gasteiger partial charge in [0.05, 0.1) is 16.7 Å². The summed E-state index contributed by atoms with van der Waals surface area (Å²) in [5.74, 6) is -1.24. The average Bonchev–Trinajstić information content (AvgIpc) is 2.66. The molecule has 1 aliphatic rings. The molecular formula is C19H16F6N2O. The number of rotatable bonds is 2. The van der Waals surface area contributed by atoms with Crippen molar-refractivity contribution in [1.82, 2.24) is 9.88 Å². The van der Waals surface area contributed by atoms with Crippen molar-refractivity contribution in [2.45, 2.75) is 31.1 Å². The number of hydrogen-bond acceptors (Lipinski definition) is 2. The number of pyridine rings is 1. The topological polar surface area (TPSA) is 33.2 Å². The molecule has 3 nitrogen and oxygen atoms in total. The van der Waals surface area contributed by atoms with Crippen LogP contribution < -0.4 is 0 Å². The summed E-state index contributed by atoms with van der Waals surface area (Å²) < 4.78 is 79.0. The lowest BCUT2D eigenvalue weighted by Crippen LogP contribution is -2.39. The summed E-state index contributed by atoms with van der Waals surface area (Å²) in [6.07, 6.45) is -6.88. The fourth-order valence-electron chi connectivity index (χ4n) is 3.49. The molecule has 1 fully saturated rings. The van der Waals surface area contributed by atoms with Gasteiger partial charge >= 0.3 is 12.4 Å². The summed E-state index contributed by atoms with van der Waals surface area (Å²) in [5, 5.41) is 0. The third kappa shape index (κ3) is 4.13. The molecule has 0 radical (unpaired) electrons. The summed E-state index contributed by atoms with van der Waals surface area (Å²) in [4.78, 5) is 17.4. The van der Waals surface area contributed by atoms with E-state index >= 15 is 0 Å². The second-order valence-electron chi connectivity index (χ2n) is 6.57. The van der Waals surface area contributed by atoms with E-state index in [9.17, 15) is 31.1 Å². The minimum absolute atomic E-state index is 0.0713. The fourth-order valence-corrected chi connectivity index (χ4v) is 3.49. The second-order valence-corrected chi connectivity index (χ2v) is 6.57. The standard InChI is InChI=1S/C19H16F6N2O/c20-18(21,22)15-4-2-1-3-13(15)12-6-9-27(10-7-12)17(28)14-11-26-8-5-16(14)19(23,24)25/h1-5,8,11-12H,6-7,9-10H2. The Balaban J connectivity index is 1.77. The van der Waals surface area contributed by atoms with Crippen LogP contribution in [-0.2, 0) is 12.4 Å². The third-order valence-electron chi connectivity index (χ3n) is 4.85. The number of piperidine rings is 1. The first kappa shape index (κ1) is 20.2. The highest BCUT2D eigenvalue weighted by Gasteiger charge is 2.38. The van der Waals surface area contributed by atoms with Gasteiger partial charge in [-0.2, -0.15) is 26.3 Å². The van der Waals surface area contributed by atoms with Crippen molar-refractivity contribution in [3.63, 3.8) is 0 Å². The van der Waals surface area contributed by atoms with Crippen LogP contribution in [0.2, 0.25) is 0 Å². The number of hydrogen-bond donors (Lipinski definition) is 0. The molecule has 9 heteroatoms. The van der Waals surface area contributed by atoms with E-state index in [1.165, 1.54) is 23.1 Å². The number of likely N-dealkylation sites (tertiary alicyclic amines) is 1. The highest BCUT2D eigenvalue weighted by Crippen LogP contribution is 2.39. The van der Waals surface area contributed by atoms with Crippen molar-refractivity contribution in [3.05, 3.63) is 65.0 Å². The number of nitrogens with zero attached hydrogens (tertiary/aromatic N) is 2. The Morgan fingerprint density at radius 3 is 2.14 bits per heavy atom. The Bertz CT molecular complexity index is 854. The molecule has 150 valence electrons. The average molecular weight is 402 g/mol. The number of aromatic nitrogens is 1. The summed E-state index contributed by atoms with van der Waals surface area (Å²) in [7, 11) is 0. The van der Waals surface area contributed by atoms with Crippen molar-refractivity contribution in [1.29, 1.82) is 0 Å². The zero-order valence-corrected chi connectivity index (χ0v) is 14.5. The third-order valence-corrected chi connectivity index (χ3v) is 4.85. The quantitative estimate of drug-likeness (QED) is 0.652. The van der Waals surface area contributed by atoms with Gasteiger partial charge < -0.3 is 4.90 Å². The molecule has 28 heavy (non-hydrogen) atoms. The molecule has 0 unspecified atom stereocenters. The number of halogens is 6. The fraction of sp³-hybridized carbons (Fsp3) is 0.368. The van der Waals surface area contributed by atoms with Crippen LogP contribution in [0.25, 0.3) is 0 Å². The van der Waals surface area contributed by atoms with Gasteiger partial charge in [-0.3, -0.25) is 9.78 Å². The Morgan fingerprint density at radius 2 is 1.54 bits per heavy atom. The summed E-state index contributed by atoms with van der Waals surface area (Å²) in [6.45, 7) is 0.143. The number of alkyl halides is 6. The number of benzene rings is 1. The highest BCUT2D eigenvalue weighted by molar-refractivity contribution is 5.95. The Kier molecular flexibility index (Phi) is 5.36. The van der Waals surface area contributed by atoms with E-state index in [0.717, 1.165) is 24.5 Å². The highest BCUT2D eigenvalue weighted by atomic mass is 19.4. The van der Waals surface area contributed by atoms with Gasteiger partial charge in [-0.1, -0.05) is 18.2 Å². The molecule has 2 heterocycles. The molecular weight excluding hydrogens is 386 g/mol. The summed E-state index contributed by atoms with van der Waals surface area (Å²) >= 11 is 0.